The van der Waals surface area contributed by atoms with Crippen LogP contribution in [0.1, 0.15) is 25.3 Å². The molecule has 170 valence electrons. The quantitative estimate of drug-likeness (QED) is 0.624. The molecular formula is C20H18ClF4N5O2. The number of alkyl halides is 3. The summed E-state index contributed by atoms with van der Waals surface area (Å²) in [4.78, 5) is 35.0. The van der Waals surface area contributed by atoms with E-state index in [4.69, 9.17) is 11.6 Å². The van der Waals surface area contributed by atoms with E-state index in [0.29, 0.717) is 12.8 Å². The Morgan fingerprint density at radius 2 is 2.09 bits per heavy atom. The van der Waals surface area contributed by atoms with Crippen molar-refractivity contribution < 1.29 is 22.4 Å². The number of aromatic nitrogens is 2. The third-order valence-corrected chi connectivity index (χ3v) is 4.79. The summed E-state index contributed by atoms with van der Waals surface area (Å²) in [5, 5.41) is 2.55. The van der Waals surface area contributed by atoms with Gasteiger partial charge in [-0.25, -0.2) is 9.37 Å². The molecule has 2 aromatic rings. The molecule has 1 amide bonds. The van der Waals surface area contributed by atoms with Gasteiger partial charge in [-0.05, 0) is 18.6 Å². The zero-order valence-electron chi connectivity index (χ0n) is 16.8. The summed E-state index contributed by atoms with van der Waals surface area (Å²) in [6, 6.07) is 3.84. The Balaban J connectivity index is 1.93. The van der Waals surface area contributed by atoms with E-state index >= 15 is 4.39 Å². The molecule has 0 radical (unpaired) electrons. The minimum absolute atomic E-state index is 0.0397. The predicted molar refractivity (Wildman–Crippen MR) is 112 cm³/mol. The molecule has 2 heterocycles. The minimum Gasteiger partial charge on any atom is -0.352 e. The number of H-pyrrole nitrogens is 1. The molecule has 0 fully saturated rings. The SMILES string of the molecule is CCCC(=O)NCc1ccc(Cl)c(-c2nc(N3C=CC(C(F)(F)F)=NC3)cc(=O)[nH]2)c1F. The molecule has 0 aliphatic carbocycles. The Kier molecular flexibility index (Phi) is 6.97. The summed E-state index contributed by atoms with van der Waals surface area (Å²) in [6.07, 6.45) is -1.84. The van der Waals surface area contributed by atoms with Gasteiger partial charge in [0, 0.05) is 30.8 Å². The van der Waals surface area contributed by atoms with Crippen LogP contribution >= 0.6 is 11.6 Å². The lowest BCUT2D eigenvalue weighted by Gasteiger charge is -2.22. The number of halogens is 5. The summed E-state index contributed by atoms with van der Waals surface area (Å²) in [7, 11) is 0. The van der Waals surface area contributed by atoms with E-state index in [1.54, 1.807) is 0 Å². The maximum Gasteiger partial charge on any atom is 0.433 e. The van der Waals surface area contributed by atoms with Gasteiger partial charge in [0.1, 0.15) is 29.8 Å². The molecule has 2 N–H and O–H groups in total. The topological polar surface area (TPSA) is 90.4 Å². The highest BCUT2D eigenvalue weighted by Crippen LogP contribution is 2.31. The Morgan fingerprint density at radius 3 is 2.72 bits per heavy atom. The van der Waals surface area contributed by atoms with Crippen LogP contribution in [-0.2, 0) is 11.3 Å². The summed E-state index contributed by atoms with van der Waals surface area (Å²) < 4.78 is 53.4. The number of nitrogens with one attached hydrogen (secondary N) is 2. The van der Waals surface area contributed by atoms with Crippen LogP contribution in [-0.4, -0.2) is 34.4 Å². The summed E-state index contributed by atoms with van der Waals surface area (Å²) in [6.45, 7) is 1.31. The van der Waals surface area contributed by atoms with E-state index in [0.717, 1.165) is 18.3 Å². The van der Waals surface area contributed by atoms with Gasteiger partial charge in [0.05, 0.1) is 10.6 Å². The molecule has 0 atom stereocenters. The number of carbonyl (C=O) groups excluding carboxylic acids is 1. The number of hydrogen-bond donors (Lipinski definition) is 2. The van der Waals surface area contributed by atoms with Crippen molar-refractivity contribution >= 4 is 29.0 Å². The number of aromatic amines is 1. The van der Waals surface area contributed by atoms with Crippen molar-refractivity contribution in [2.45, 2.75) is 32.5 Å². The fourth-order valence-corrected chi connectivity index (χ4v) is 3.15. The first kappa shape index (κ1) is 23.5. The van der Waals surface area contributed by atoms with Crippen LogP contribution in [0.4, 0.5) is 23.4 Å². The van der Waals surface area contributed by atoms with Gasteiger partial charge in [0.2, 0.25) is 5.91 Å². The van der Waals surface area contributed by atoms with Crippen molar-refractivity contribution in [3.05, 3.63) is 57.2 Å². The van der Waals surface area contributed by atoms with Gasteiger partial charge in [0.15, 0.2) is 0 Å². The second-order valence-corrected chi connectivity index (χ2v) is 7.25. The number of allylic oxidation sites excluding steroid dienone is 1. The Bertz CT molecular complexity index is 1140. The number of hydrogen-bond acceptors (Lipinski definition) is 5. The molecule has 12 heteroatoms. The summed E-state index contributed by atoms with van der Waals surface area (Å²) in [5.41, 5.74) is -1.81. The second-order valence-electron chi connectivity index (χ2n) is 6.84. The number of benzene rings is 1. The zero-order chi connectivity index (χ0) is 23.5. The molecule has 0 spiro atoms. The molecule has 0 unspecified atom stereocenters. The van der Waals surface area contributed by atoms with Gasteiger partial charge in [0.25, 0.3) is 5.56 Å². The maximum atomic E-state index is 15.2. The van der Waals surface area contributed by atoms with E-state index in [9.17, 15) is 22.8 Å². The fraction of sp³-hybridized carbons (Fsp3) is 0.300. The summed E-state index contributed by atoms with van der Waals surface area (Å²) >= 11 is 6.14. The normalized spacial score (nSPS) is 13.8. The number of amides is 1. The first-order valence-corrected chi connectivity index (χ1v) is 9.89. The first-order chi connectivity index (χ1) is 15.1. The molecule has 0 saturated heterocycles. The molecule has 3 rings (SSSR count). The van der Waals surface area contributed by atoms with E-state index < -0.39 is 29.9 Å². The fourth-order valence-electron chi connectivity index (χ4n) is 2.91. The number of carbonyl (C=O) groups is 1. The van der Waals surface area contributed by atoms with Crippen LogP contribution in [0.15, 0.2) is 40.3 Å². The predicted octanol–water partition coefficient (Wildman–Crippen LogP) is 3.94. The van der Waals surface area contributed by atoms with Crippen LogP contribution in [0.3, 0.4) is 0 Å². The standard InChI is InChI=1S/C20H18ClF4N5O2/c1-2-3-15(31)26-9-11-4-5-12(21)17(18(11)22)19-28-14(8-16(32)29-19)30-7-6-13(27-10-30)20(23,24)25/h4-8H,2-3,9-10H2,1H3,(H,26,31)(H,28,29,32). The van der Waals surface area contributed by atoms with Crippen molar-refractivity contribution in [1.82, 2.24) is 15.3 Å². The van der Waals surface area contributed by atoms with Crippen molar-refractivity contribution in [2.75, 3.05) is 11.6 Å². The highest BCUT2D eigenvalue weighted by atomic mass is 35.5. The van der Waals surface area contributed by atoms with Crippen LogP contribution in [0.25, 0.3) is 11.4 Å². The monoisotopic (exact) mass is 471 g/mol. The summed E-state index contributed by atoms with van der Waals surface area (Å²) in [5.74, 6) is -1.29. The average molecular weight is 472 g/mol. The van der Waals surface area contributed by atoms with E-state index in [-0.39, 0.29) is 40.2 Å². The highest BCUT2D eigenvalue weighted by Gasteiger charge is 2.35. The van der Waals surface area contributed by atoms with Gasteiger partial charge in [-0.15, -0.1) is 0 Å². The Morgan fingerprint density at radius 1 is 1.34 bits per heavy atom. The van der Waals surface area contributed by atoms with Crippen molar-refractivity contribution in [1.29, 1.82) is 0 Å². The first-order valence-electron chi connectivity index (χ1n) is 9.52. The molecule has 32 heavy (non-hydrogen) atoms. The molecule has 7 nitrogen and oxygen atoms in total. The molecule has 1 aliphatic heterocycles. The molecule has 1 aromatic carbocycles. The van der Waals surface area contributed by atoms with Crippen molar-refractivity contribution in [3.8, 4) is 11.4 Å². The van der Waals surface area contributed by atoms with Gasteiger partial charge < -0.3 is 15.2 Å². The van der Waals surface area contributed by atoms with Gasteiger partial charge in [-0.2, -0.15) is 13.2 Å². The lowest BCUT2D eigenvalue weighted by atomic mass is 10.1. The minimum atomic E-state index is -4.60. The molecule has 0 bridgehead atoms. The van der Waals surface area contributed by atoms with E-state index in [2.05, 4.69) is 20.3 Å². The Labute approximate surface area is 184 Å². The average Bonchev–Trinajstić information content (AvgIpc) is 2.72. The number of rotatable bonds is 6. The van der Waals surface area contributed by atoms with Gasteiger partial charge >= 0.3 is 6.18 Å². The third kappa shape index (κ3) is 5.34. The van der Waals surface area contributed by atoms with Crippen LogP contribution in [0.2, 0.25) is 5.02 Å². The van der Waals surface area contributed by atoms with Gasteiger partial charge in [-0.3, -0.25) is 14.6 Å². The number of aliphatic imine (C=N–C) groups is 1. The highest BCUT2D eigenvalue weighted by molar-refractivity contribution is 6.33. The molecular weight excluding hydrogens is 454 g/mol. The maximum absolute atomic E-state index is 15.2. The smallest absolute Gasteiger partial charge is 0.352 e. The number of nitrogens with zero attached hydrogens (tertiary/aromatic N) is 3. The van der Waals surface area contributed by atoms with Crippen LogP contribution in [0.5, 0.6) is 0 Å². The third-order valence-electron chi connectivity index (χ3n) is 4.48. The Hall–Kier alpha value is -3.21. The largest absolute Gasteiger partial charge is 0.433 e. The lowest BCUT2D eigenvalue weighted by molar-refractivity contribution is -0.121. The van der Waals surface area contributed by atoms with E-state index in [1.807, 2.05) is 6.92 Å². The van der Waals surface area contributed by atoms with E-state index in [1.165, 1.54) is 17.0 Å². The molecule has 0 saturated carbocycles. The number of anilines is 1. The lowest BCUT2D eigenvalue weighted by Crippen LogP contribution is -2.30. The molecule has 1 aromatic heterocycles. The van der Waals surface area contributed by atoms with Gasteiger partial charge in [-0.1, -0.05) is 24.6 Å². The molecule has 1 aliphatic rings. The van der Waals surface area contributed by atoms with Crippen LogP contribution in [0, 0.1) is 5.82 Å². The van der Waals surface area contributed by atoms with Crippen molar-refractivity contribution in [3.63, 3.8) is 0 Å². The zero-order valence-corrected chi connectivity index (χ0v) is 17.5. The van der Waals surface area contributed by atoms with Crippen molar-refractivity contribution in [2.24, 2.45) is 4.99 Å². The second kappa shape index (κ2) is 9.51. The van der Waals surface area contributed by atoms with Crippen LogP contribution < -0.4 is 15.8 Å².